The van der Waals surface area contributed by atoms with Crippen LogP contribution in [0, 0.1) is 6.92 Å². The molecule has 1 rings (SSSR count). The van der Waals surface area contributed by atoms with E-state index >= 15 is 0 Å². The maximum Gasteiger partial charge on any atom is 0.112 e. The van der Waals surface area contributed by atoms with E-state index < -0.39 is 24.4 Å². The van der Waals surface area contributed by atoms with Gasteiger partial charge in [0.05, 0.1) is 6.10 Å². The first-order chi connectivity index (χ1) is 5.16. The lowest BCUT2D eigenvalue weighted by Crippen LogP contribution is -2.30. The Labute approximate surface area is 79.2 Å². The van der Waals surface area contributed by atoms with E-state index in [2.05, 4.69) is 0 Å². The van der Waals surface area contributed by atoms with Crippen molar-refractivity contribution in [3.8, 4) is 0 Å². The molecule has 1 saturated heterocycles. The molecule has 0 amide bonds. The van der Waals surface area contributed by atoms with Crippen LogP contribution in [0.15, 0.2) is 10.2 Å². The molecule has 0 bridgehead atoms. The SMILES string of the molecule is [CH][C@@H]1O[C@H](/C=C\I)[C@H](O)C1O. The van der Waals surface area contributed by atoms with Crippen LogP contribution in [0.2, 0.25) is 0 Å². The highest BCUT2D eigenvalue weighted by Crippen LogP contribution is 2.21. The summed E-state index contributed by atoms with van der Waals surface area (Å²) in [7, 11) is 0. The lowest BCUT2D eigenvalue weighted by Gasteiger charge is -2.09. The molecule has 2 N–H and O–H groups in total. The van der Waals surface area contributed by atoms with E-state index in [1.165, 1.54) is 0 Å². The second-order valence-electron chi connectivity index (χ2n) is 2.36. The summed E-state index contributed by atoms with van der Waals surface area (Å²) in [5.41, 5.74) is 0. The summed E-state index contributed by atoms with van der Waals surface area (Å²) >= 11 is 2.01. The summed E-state index contributed by atoms with van der Waals surface area (Å²) in [6, 6.07) is 0. The molecule has 1 aliphatic heterocycles. The molecule has 4 atom stereocenters. The van der Waals surface area contributed by atoms with Crippen LogP contribution in [-0.2, 0) is 4.74 Å². The summed E-state index contributed by atoms with van der Waals surface area (Å²) in [6.45, 7) is 5.32. The molecule has 1 fully saturated rings. The highest BCUT2D eigenvalue weighted by atomic mass is 127. The standard InChI is InChI=1S/C7H9IO3/c1-4-6(9)7(10)5(11-4)2-3-8/h1-7,9-10H/b3-2-/t4-,5+,6?,7-/m0/s1. The van der Waals surface area contributed by atoms with Gasteiger partial charge in [0.1, 0.15) is 18.3 Å². The van der Waals surface area contributed by atoms with Crippen LogP contribution in [0.5, 0.6) is 0 Å². The molecular weight excluding hydrogens is 259 g/mol. The van der Waals surface area contributed by atoms with Crippen molar-refractivity contribution in [1.82, 2.24) is 0 Å². The second-order valence-corrected chi connectivity index (χ2v) is 3.08. The smallest absolute Gasteiger partial charge is 0.112 e. The zero-order chi connectivity index (χ0) is 8.43. The number of aliphatic hydroxyl groups is 2. The van der Waals surface area contributed by atoms with Gasteiger partial charge in [-0.3, -0.25) is 0 Å². The Morgan fingerprint density at radius 2 is 2.00 bits per heavy atom. The molecule has 0 aromatic heterocycles. The predicted octanol–water partition coefficient (Wildman–Crippen LogP) is 0.135. The lowest BCUT2D eigenvalue weighted by atomic mass is 10.1. The van der Waals surface area contributed by atoms with Gasteiger partial charge in [0, 0.05) is 0 Å². The van der Waals surface area contributed by atoms with Crippen molar-refractivity contribution in [2.75, 3.05) is 0 Å². The molecule has 4 heteroatoms. The van der Waals surface area contributed by atoms with E-state index in [0.717, 1.165) is 0 Å². The van der Waals surface area contributed by atoms with Gasteiger partial charge in [-0.05, 0) is 17.1 Å². The van der Waals surface area contributed by atoms with Gasteiger partial charge >= 0.3 is 0 Å². The molecule has 1 heterocycles. The maximum absolute atomic E-state index is 9.25. The molecule has 2 radical (unpaired) electrons. The minimum Gasteiger partial charge on any atom is -0.388 e. The van der Waals surface area contributed by atoms with E-state index in [1.54, 1.807) is 10.2 Å². The average molecular weight is 268 g/mol. The molecule has 0 saturated carbocycles. The number of aliphatic hydroxyl groups excluding tert-OH is 2. The summed E-state index contributed by atoms with van der Waals surface area (Å²) in [4.78, 5) is 0. The molecule has 62 valence electrons. The van der Waals surface area contributed by atoms with Gasteiger partial charge in [0.2, 0.25) is 0 Å². The van der Waals surface area contributed by atoms with E-state index in [-0.39, 0.29) is 0 Å². The molecule has 0 aliphatic carbocycles. The zero-order valence-electron chi connectivity index (χ0n) is 5.72. The Hall–Kier alpha value is 0.350. The first-order valence-electron chi connectivity index (χ1n) is 3.21. The summed E-state index contributed by atoms with van der Waals surface area (Å²) in [6.07, 6.45) is -1.48. The molecule has 0 aromatic rings. The lowest BCUT2D eigenvalue weighted by molar-refractivity contribution is 0.0391. The molecule has 1 aliphatic rings. The fraction of sp³-hybridized carbons (Fsp3) is 0.571. The summed E-state index contributed by atoms with van der Waals surface area (Å²) < 4.78 is 6.73. The third-order valence-electron chi connectivity index (χ3n) is 1.60. The number of hydrogen-bond donors (Lipinski definition) is 2. The van der Waals surface area contributed by atoms with Gasteiger partial charge in [-0.15, -0.1) is 0 Å². The zero-order valence-corrected chi connectivity index (χ0v) is 7.88. The van der Waals surface area contributed by atoms with Crippen molar-refractivity contribution in [3.05, 3.63) is 17.1 Å². The Bertz CT molecular complexity index is 160. The van der Waals surface area contributed by atoms with Gasteiger partial charge in [-0.2, -0.15) is 0 Å². The van der Waals surface area contributed by atoms with Crippen LogP contribution >= 0.6 is 22.6 Å². The van der Waals surface area contributed by atoms with Crippen LogP contribution in [0.25, 0.3) is 0 Å². The van der Waals surface area contributed by atoms with Gasteiger partial charge in [-0.25, -0.2) is 0 Å². The molecule has 0 aromatic carbocycles. The first kappa shape index (κ1) is 9.44. The highest BCUT2D eigenvalue weighted by Gasteiger charge is 2.38. The van der Waals surface area contributed by atoms with E-state index in [9.17, 15) is 5.11 Å². The van der Waals surface area contributed by atoms with Crippen LogP contribution in [0.3, 0.4) is 0 Å². The van der Waals surface area contributed by atoms with Gasteiger partial charge in [0.25, 0.3) is 0 Å². The van der Waals surface area contributed by atoms with Crippen LogP contribution in [0.4, 0.5) is 0 Å². The predicted molar refractivity (Wildman–Crippen MR) is 48.1 cm³/mol. The monoisotopic (exact) mass is 268 g/mol. The fourth-order valence-corrected chi connectivity index (χ4v) is 1.37. The van der Waals surface area contributed by atoms with Crippen molar-refractivity contribution in [3.63, 3.8) is 0 Å². The van der Waals surface area contributed by atoms with Crippen LogP contribution in [-0.4, -0.2) is 34.6 Å². The largest absolute Gasteiger partial charge is 0.388 e. The molecule has 0 spiro atoms. The Morgan fingerprint density at radius 1 is 1.36 bits per heavy atom. The minimum absolute atomic E-state index is 0.475. The number of hydrogen-bond acceptors (Lipinski definition) is 3. The van der Waals surface area contributed by atoms with Crippen molar-refractivity contribution in [1.29, 1.82) is 0 Å². The van der Waals surface area contributed by atoms with Crippen molar-refractivity contribution >= 4 is 22.6 Å². The summed E-state index contributed by atoms with van der Waals surface area (Å²) in [5.74, 6) is 0. The average Bonchev–Trinajstić information content (AvgIpc) is 2.19. The third kappa shape index (κ3) is 1.93. The van der Waals surface area contributed by atoms with Gasteiger partial charge < -0.3 is 14.9 Å². The molecule has 3 nitrogen and oxygen atoms in total. The van der Waals surface area contributed by atoms with Crippen LogP contribution in [0.1, 0.15) is 0 Å². The van der Waals surface area contributed by atoms with Crippen molar-refractivity contribution in [2.45, 2.75) is 24.4 Å². The molecule has 11 heavy (non-hydrogen) atoms. The Kier molecular flexibility index (Phi) is 3.29. The van der Waals surface area contributed by atoms with Crippen molar-refractivity contribution < 1.29 is 14.9 Å². The van der Waals surface area contributed by atoms with Crippen LogP contribution < -0.4 is 0 Å². The number of ether oxygens (including phenoxy) is 1. The van der Waals surface area contributed by atoms with Gasteiger partial charge in [-0.1, -0.05) is 22.6 Å². The fourth-order valence-electron chi connectivity index (χ4n) is 0.962. The Balaban J connectivity index is 2.59. The molecule has 1 unspecified atom stereocenters. The minimum atomic E-state index is -0.979. The first-order valence-corrected chi connectivity index (χ1v) is 4.45. The summed E-state index contributed by atoms with van der Waals surface area (Å²) in [5, 5.41) is 18.4. The maximum atomic E-state index is 9.25. The second kappa shape index (κ2) is 3.84. The van der Waals surface area contributed by atoms with Crippen molar-refractivity contribution in [2.24, 2.45) is 0 Å². The quantitative estimate of drug-likeness (QED) is 0.665. The Morgan fingerprint density at radius 3 is 2.36 bits per heavy atom. The number of halogens is 1. The topological polar surface area (TPSA) is 49.7 Å². The van der Waals surface area contributed by atoms with E-state index in [1.807, 2.05) is 22.6 Å². The number of rotatable bonds is 1. The third-order valence-corrected chi connectivity index (χ3v) is 2.02. The van der Waals surface area contributed by atoms with E-state index in [4.69, 9.17) is 16.8 Å². The molecular formula is C7H9IO3. The highest BCUT2D eigenvalue weighted by molar-refractivity contribution is 14.1. The normalized spacial score (nSPS) is 45.5. The van der Waals surface area contributed by atoms with Gasteiger partial charge in [0.15, 0.2) is 0 Å². The van der Waals surface area contributed by atoms with E-state index in [0.29, 0.717) is 0 Å².